The number of hydrogen-bond acceptors (Lipinski definition) is 2. The molecule has 25 heavy (non-hydrogen) atoms. The fourth-order valence-corrected chi connectivity index (χ4v) is 2.87. The molecule has 3 aromatic rings. The van der Waals surface area contributed by atoms with Gasteiger partial charge < -0.3 is 9.97 Å². The number of fused-ring (bicyclic) bond motifs is 8. The third kappa shape index (κ3) is 3.33. The second-order valence-electron chi connectivity index (χ2n) is 5.82. The van der Waals surface area contributed by atoms with E-state index in [2.05, 4.69) is 19.9 Å². The van der Waals surface area contributed by atoms with Crippen LogP contribution in [-0.4, -0.2) is 45.8 Å². The van der Waals surface area contributed by atoms with Crippen LogP contribution in [0.15, 0.2) is 48.5 Å². The first-order chi connectivity index (χ1) is 12.2. The van der Waals surface area contributed by atoms with Crippen LogP contribution in [0.1, 0.15) is 24.1 Å². The fraction of sp³-hybridized carbons (Fsp3) is 0. The average molecular weight is 426 g/mol. The normalized spacial score (nSPS) is 12.7. The average Bonchev–Trinajstić information content (AvgIpc) is 3.33. The summed E-state index contributed by atoms with van der Waals surface area (Å²) in [6.07, 6.45) is 7.91. The van der Waals surface area contributed by atoms with E-state index in [0.717, 1.165) is 44.8 Å². The molecule has 3 aromatic heterocycles. The minimum Gasteiger partial charge on any atom is -0.355 e. The van der Waals surface area contributed by atoms with Crippen molar-refractivity contribution in [2.75, 3.05) is 0 Å². The number of aromatic nitrogens is 4. The van der Waals surface area contributed by atoms with E-state index in [9.17, 15) is 0 Å². The van der Waals surface area contributed by atoms with E-state index in [-0.39, 0.29) is 25.8 Å². The van der Waals surface area contributed by atoms with Gasteiger partial charge in [-0.15, -0.1) is 0 Å². The maximum Gasteiger partial charge on any atom is 0.0659 e. The van der Waals surface area contributed by atoms with Crippen LogP contribution >= 0.6 is 0 Å². The van der Waals surface area contributed by atoms with Gasteiger partial charge in [-0.25, -0.2) is 9.97 Å². The summed E-state index contributed by atoms with van der Waals surface area (Å²) in [5, 5.41) is 0. The van der Waals surface area contributed by atoms with Crippen molar-refractivity contribution in [3.8, 4) is 0 Å². The minimum absolute atomic E-state index is 0. The van der Waals surface area contributed by atoms with Crippen molar-refractivity contribution < 1.29 is 1.37 Å². The molecule has 0 spiro atoms. The Bertz CT molecular complexity index is 1220. The molecule has 5 heteroatoms. The predicted octanol–water partition coefficient (Wildman–Crippen LogP) is 4.27. The monoisotopic (exact) mass is 426 g/mol. The molecule has 4 nitrogen and oxygen atoms in total. The molecule has 117 valence electrons. The van der Waals surface area contributed by atoms with Gasteiger partial charge in [-0.05, 0) is 72.8 Å². The van der Waals surface area contributed by atoms with Gasteiger partial charge in [0, 0.05) is 47.9 Å². The Morgan fingerprint density at radius 2 is 1.08 bits per heavy atom. The van der Waals surface area contributed by atoms with Gasteiger partial charge in [0.15, 0.2) is 0 Å². The molecule has 0 amide bonds. The molecular weight excluding hydrogens is 411 g/mol. The molecular formula is C20H14InN4. The van der Waals surface area contributed by atoms with Gasteiger partial charge in [0.1, 0.15) is 0 Å². The van der Waals surface area contributed by atoms with E-state index < -0.39 is 0 Å². The van der Waals surface area contributed by atoms with E-state index in [1.54, 1.807) is 0 Å². The maximum atomic E-state index is 8.15. The van der Waals surface area contributed by atoms with E-state index in [0.29, 0.717) is 6.04 Å². The Hall–Kier alpha value is -2.53. The molecule has 0 fully saturated rings. The minimum atomic E-state index is 0. The van der Waals surface area contributed by atoms with Crippen molar-refractivity contribution in [3.63, 3.8) is 0 Å². The molecule has 0 aromatic carbocycles. The van der Waals surface area contributed by atoms with Crippen LogP contribution in [-0.2, 0) is 0 Å². The second-order valence-corrected chi connectivity index (χ2v) is 5.82. The summed E-state index contributed by atoms with van der Waals surface area (Å²) >= 11 is 0. The Morgan fingerprint density at radius 3 is 1.72 bits per heavy atom. The molecule has 2 N–H and O–H groups in total. The number of aromatic amines is 2. The summed E-state index contributed by atoms with van der Waals surface area (Å²) in [5.41, 5.74) is 7.04. The molecule has 8 bridgehead atoms. The first-order valence-corrected chi connectivity index (χ1v) is 7.76. The Morgan fingerprint density at radius 1 is 0.600 bits per heavy atom. The maximum absolute atomic E-state index is 8.15. The van der Waals surface area contributed by atoms with E-state index in [1.807, 2.05) is 66.8 Å². The molecule has 0 atom stereocenters. The van der Waals surface area contributed by atoms with Gasteiger partial charge in [0.05, 0.1) is 24.1 Å². The van der Waals surface area contributed by atoms with Gasteiger partial charge in [0.2, 0.25) is 0 Å². The first-order valence-electron chi connectivity index (χ1n) is 8.26. The number of H-pyrrole nitrogens is 2. The number of rotatable bonds is 0. The van der Waals surface area contributed by atoms with E-state index >= 15 is 0 Å². The van der Waals surface area contributed by atoms with Crippen LogP contribution < -0.4 is 0 Å². The SMILES string of the molecule is [2H]c1cc2cc3nc(cc4nc(cc5ccc(cc1[nH]2)[nH]5)C=C4)C=C3.[In]. The number of nitrogens with one attached hydrogen (secondary N) is 2. The molecule has 3 radical (unpaired) electrons. The summed E-state index contributed by atoms with van der Waals surface area (Å²) in [6.45, 7) is 0. The summed E-state index contributed by atoms with van der Waals surface area (Å²) in [5.74, 6) is 0. The van der Waals surface area contributed by atoms with Crippen LogP contribution in [0, 0.1) is 0 Å². The van der Waals surface area contributed by atoms with Gasteiger partial charge >= 0.3 is 0 Å². The zero-order chi connectivity index (χ0) is 16.8. The number of hydrogen-bond donors (Lipinski definition) is 2. The predicted molar refractivity (Wildman–Crippen MR) is 105 cm³/mol. The van der Waals surface area contributed by atoms with Gasteiger partial charge in [-0.1, -0.05) is 0 Å². The van der Waals surface area contributed by atoms with E-state index in [1.165, 1.54) is 0 Å². The Balaban J connectivity index is 0.00000168. The standard InChI is InChI=1S/C20H14N4.In/c1-2-14-10-16-5-6-18(23-16)12-20-8-7-19(24-20)11-17-4-3-15(22-17)9-13(1)21-14;/h1-12,21-22H;/i1D;. The van der Waals surface area contributed by atoms with Crippen molar-refractivity contribution in [2.45, 2.75) is 0 Å². The smallest absolute Gasteiger partial charge is 0.0659 e. The van der Waals surface area contributed by atoms with Crippen molar-refractivity contribution in [3.05, 3.63) is 71.3 Å². The van der Waals surface area contributed by atoms with Crippen LogP contribution in [0.25, 0.3) is 46.4 Å². The molecule has 2 aliphatic heterocycles. The molecule has 5 heterocycles. The van der Waals surface area contributed by atoms with Gasteiger partial charge in [-0.3, -0.25) is 0 Å². The van der Waals surface area contributed by atoms with Crippen LogP contribution in [0.5, 0.6) is 0 Å². The Kier molecular flexibility index (Phi) is 3.79. The van der Waals surface area contributed by atoms with Gasteiger partial charge in [-0.2, -0.15) is 0 Å². The third-order valence-corrected chi connectivity index (χ3v) is 3.96. The zero-order valence-electron chi connectivity index (χ0n) is 14.3. The topological polar surface area (TPSA) is 57.4 Å². The van der Waals surface area contributed by atoms with Crippen molar-refractivity contribution >= 4 is 72.2 Å². The third-order valence-electron chi connectivity index (χ3n) is 3.96. The van der Waals surface area contributed by atoms with Crippen LogP contribution in [0.3, 0.4) is 0 Å². The van der Waals surface area contributed by atoms with Gasteiger partial charge in [0.25, 0.3) is 0 Å². The summed E-state index contributed by atoms with van der Waals surface area (Å²) < 4.78 is 8.15. The summed E-state index contributed by atoms with van der Waals surface area (Å²) in [7, 11) is 0. The van der Waals surface area contributed by atoms with Crippen molar-refractivity contribution in [1.82, 2.24) is 19.9 Å². The van der Waals surface area contributed by atoms with Crippen molar-refractivity contribution in [2.24, 2.45) is 0 Å². The molecule has 0 saturated heterocycles. The molecule has 5 rings (SSSR count). The van der Waals surface area contributed by atoms with E-state index in [4.69, 9.17) is 1.37 Å². The first kappa shape index (κ1) is 14.8. The quantitative estimate of drug-likeness (QED) is 0.389. The zero-order valence-corrected chi connectivity index (χ0v) is 16.6. The summed E-state index contributed by atoms with van der Waals surface area (Å²) in [6, 6.07) is 14.1. The van der Waals surface area contributed by atoms with Crippen LogP contribution in [0.4, 0.5) is 0 Å². The van der Waals surface area contributed by atoms with Crippen molar-refractivity contribution in [1.29, 1.82) is 0 Å². The molecule has 0 saturated carbocycles. The largest absolute Gasteiger partial charge is 0.355 e. The molecule has 2 aliphatic rings. The molecule has 0 unspecified atom stereocenters. The fourth-order valence-electron chi connectivity index (χ4n) is 2.87. The second kappa shape index (κ2) is 6.41. The molecule has 0 aliphatic carbocycles. The number of nitrogens with zero attached hydrogens (tertiary/aromatic N) is 2. The Labute approximate surface area is 164 Å². The van der Waals surface area contributed by atoms with Crippen LogP contribution in [0.2, 0.25) is 0 Å². The summed E-state index contributed by atoms with van der Waals surface area (Å²) in [4.78, 5) is 15.8.